The highest BCUT2D eigenvalue weighted by Gasteiger charge is 2.33. The second-order valence-corrected chi connectivity index (χ2v) is 8.66. The molecule has 2 unspecified atom stereocenters. The highest BCUT2D eigenvalue weighted by Crippen LogP contribution is 2.46. The molecule has 0 saturated carbocycles. The molecule has 0 saturated heterocycles. The Kier molecular flexibility index (Phi) is 8.77. The van der Waals surface area contributed by atoms with E-state index in [1.807, 2.05) is 42.5 Å². The van der Waals surface area contributed by atoms with Gasteiger partial charge in [-0.2, -0.15) is 0 Å². The van der Waals surface area contributed by atoms with Crippen molar-refractivity contribution < 1.29 is 10.2 Å². The summed E-state index contributed by atoms with van der Waals surface area (Å²) >= 11 is 0. The number of allylic oxidation sites excluding steroid dienone is 2. The van der Waals surface area contributed by atoms with Crippen molar-refractivity contribution in [3.8, 4) is 11.5 Å². The number of hydrogen-bond acceptors (Lipinski definition) is 2. The van der Waals surface area contributed by atoms with Gasteiger partial charge in [0.15, 0.2) is 0 Å². The third kappa shape index (κ3) is 5.56. The number of phenols is 2. The highest BCUT2D eigenvalue weighted by atomic mass is 16.3. The molecule has 0 radical (unpaired) electrons. The number of para-hydroxylation sites is 1. The molecule has 0 bridgehead atoms. The minimum Gasteiger partial charge on any atom is -0.508 e. The van der Waals surface area contributed by atoms with E-state index in [0.717, 1.165) is 48.8 Å². The molecule has 162 valence electrons. The van der Waals surface area contributed by atoms with Gasteiger partial charge < -0.3 is 10.2 Å². The molecule has 2 nitrogen and oxygen atoms in total. The van der Waals surface area contributed by atoms with E-state index in [2.05, 4.69) is 40.0 Å². The van der Waals surface area contributed by atoms with E-state index < -0.39 is 0 Å². The van der Waals surface area contributed by atoms with Crippen LogP contribution in [0.1, 0.15) is 74.6 Å². The number of aromatic hydroxyl groups is 2. The summed E-state index contributed by atoms with van der Waals surface area (Å²) in [6.45, 7) is 14.4. The van der Waals surface area contributed by atoms with Gasteiger partial charge in [0, 0.05) is 0 Å². The van der Waals surface area contributed by atoms with Crippen LogP contribution in [0.2, 0.25) is 0 Å². The number of aryl methyl sites for hydroxylation is 1. The van der Waals surface area contributed by atoms with Crippen molar-refractivity contribution >= 4 is 0 Å². The van der Waals surface area contributed by atoms with Crippen LogP contribution in [0.25, 0.3) is 0 Å². The predicted octanol–water partition coefficient (Wildman–Crippen LogP) is 7.49. The molecule has 0 aliphatic carbocycles. The van der Waals surface area contributed by atoms with Crippen molar-refractivity contribution in [3.63, 3.8) is 0 Å². The van der Waals surface area contributed by atoms with Crippen molar-refractivity contribution in [2.24, 2.45) is 5.41 Å². The van der Waals surface area contributed by atoms with Crippen LogP contribution in [-0.2, 0) is 19.3 Å². The summed E-state index contributed by atoms with van der Waals surface area (Å²) in [4.78, 5) is 0. The van der Waals surface area contributed by atoms with Gasteiger partial charge in [-0.25, -0.2) is 0 Å². The average molecular weight is 407 g/mol. The van der Waals surface area contributed by atoms with Crippen LogP contribution in [0.3, 0.4) is 0 Å². The molecule has 0 aliphatic heterocycles. The molecule has 0 aliphatic rings. The molecule has 2 heteroatoms. The van der Waals surface area contributed by atoms with E-state index >= 15 is 0 Å². The molecule has 0 spiro atoms. The van der Waals surface area contributed by atoms with Crippen molar-refractivity contribution in [1.82, 2.24) is 0 Å². The Balaban J connectivity index is 2.31. The molecule has 0 amide bonds. The second-order valence-electron chi connectivity index (χ2n) is 8.66. The van der Waals surface area contributed by atoms with Gasteiger partial charge in [-0.15, -0.1) is 13.2 Å². The van der Waals surface area contributed by atoms with Gasteiger partial charge in [0.05, 0.1) is 0 Å². The molecule has 0 fully saturated rings. The molecule has 2 atom stereocenters. The van der Waals surface area contributed by atoms with Crippen molar-refractivity contribution in [2.75, 3.05) is 0 Å². The standard InChI is InChI=1S/C28H38O2/c1-6-11-21-15-16-24(20-26(21)29)25(9-4)28(5,18-8-3)19-17-23-14-10-13-22(12-7-2)27(23)30/h6-7,10,13-16,20,25,29-30H,1-2,8-9,11-12,17-19H2,3-5H3. The Labute approximate surface area is 183 Å². The first kappa shape index (κ1) is 23.8. The number of hydrogen-bond donors (Lipinski definition) is 2. The first-order chi connectivity index (χ1) is 14.4. The molecular weight excluding hydrogens is 368 g/mol. The van der Waals surface area contributed by atoms with E-state index in [4.69, 9.17) is 0 Å². The molecule has 0 aromatic heterocycles. The first-order valence-electron chi connectivity index (χ1n) is 11.2. The van der Waals surface area contributed by atoms with Gasteiger partial charge in [-0.3, -0.25) is 0 Å². The third-order valence-electron chi connectivity index (χ3n) is 6.48. The van der Waals surface area contributed by atoms with Gasteiger partial charge in [0.25, 0.3) is 0 Å². The zero-order chi connectivity index (χ0) is 22.1. The Bertz CT molecular complexity index is 852. The summed E-state index contributed by atoms with van der Waals surface area (Å²) in [5, 5.41) is 21.2. The van der Waals surface area contributed by atoms with Crippen LogP contribution in [0.4, 0.5) is 0 Å². The summed E-state index contributed by atoms with van der Waals surface area (Å²) in [5.74, 6) is 1.12. The van der Waals surface area contributed by atoms with Gasteiger partial charge in [0.1, 0.15) is 11.5 Å². The monoisotopic (exact) mass is 406 g/mol. The Morgan fingerprint density at radius 3 is 2.20 bits per heavy atom. The summed E-state index contributed by atoms with van der Waals surface area (Å²) in [5.41, 5.74) is 4.15. The molecule has 2 aromatic carbocycles. The maximum absolute atomic E-state index is 10.7. The van der Waals surface area contributed by atoms with Crippen LogP contribution in [-0.4, -0.2) is 10.2 Å². The Morgan fingerprint density at radius 1 is 0.933 bits per heavy atom. The van der Waals surface area contributed by atoms with E-state index in [1.165, 1.54) is 5.56 Å². The summed E-state index contributed by atoms with van der Waals surface area (Å²) in [6.07, 6.45) is 10.1. The quantitative estimate of drug-likeness (QED) is 0.358. The van der Waals surface area contributed by atoms with Crippen LogP contribution in [0.15, 0.2) is 61.7 Å². The van der Waals surface area contributed by atoms with Crippen molar-refractivity contribution in [1.29, 1.82) is 0 Å². The molecule has 2 aromatic rings. The van der Waals surface area contributed by atoms with E-state index in [9.17, 15) is 10.2 Å². The summed E-state index contributed by atoms with van der Waals surface area (Å²) in [7, 11) is 0. The average Bonchev–Trinajstić information content (AvgIpc) is 2.71. The summed E-state index contributed by atoms with van der Waals surface area (Å²) < 4.78 is 0. The van der Waals surface area contributed by atoms with Crippen molar-refractivity contribution in [3.05, 3.63) is 84.0 Å². The van der Waals surface area contributed by atoms with Crippen LogP contribution in [0, 0.1) is 5.41 Å². The molecule has 30 heavy (non-hydrogen) atoms. The number of rotatable bonds is 12. The van der Waals surface area contributed by atoms with E-state index in [0.29, 0.717) is 30.3 Å². The van der Waals surface area contributed by atoms with Gasteiger partial charge in [0.2, 0.25) is 0 Å². The van der Waals surface area contributed by atoms with E-state index in [-0.39, 0.29) is 5.41 Å². The number of benzene rings is 2. The number of phenolic OH excluding ortho intramolecular Hbond substituents is 2. The van der Waals surface area contributed by atoms with Crippen LogP contribution < -0.4 is 0 Å². The largest absolute Gasteiger partial charge is 0.508 e. The SMILES string of the molecule is C=CCc1ccc(C(CC)C(C)(CCC)CCc2cccc(CC=C)c2O)cc1O. The maximum Gasteiger partial charge on any atom is 0.122 e. The molecular formula is C28H38O2. The lowest BCUT2D eigenvalue weighted by atomic mass is 9.66. The summed E-state index contributed by atoms with van der Waals surface area (Å²) in [6, 6.07) is 12.2. The zero-order valence-corrected chi connectivity index (χ0v) is 19.0. The smallest absolute Gasteiger partial charge is 0.122 e. The topological polar surface area (TPSA) is 40.5 Å². The molecule has 2 rings (SSSR count). The fourth-order valence-corrected chi connectivity index (χ4v) is 4.89. The fraction of sp³-hybridized carbons (Fsp3) is 0.429. The zero-order valence-electron chi connectivity index (χ0n) is 19.0. The lowest BCUT2D eigenvalue weighted by Gasteiger charge is -2.38. The van der Waals surface area contributed by atoms with E-state index in [1.54, 1.807) is 0 Å². The lowest BCUT2D eigenvalue weighted by Crippen LogP contribution is -2.26. The predicted molar refractivity (Wildman–Crippen MR) is 128 cm³/mol. The van der Waals surface area contributed by atoms with Gasteiger partial charge in [-0.05, 0) is 78.2 Å². The van der Waals surface area contributed by atoms with Crippen LogP contribution in [0.5, 0.6) is 11.5 Å². The Hall–Kier alpha value is -2.48. The van der Waals surface area contributed by atoms with Gasteiger partial charge in [-0.1, -0.05) is 69.7 Å². The fourth-order valence-electron chi connectivity index (χ4n) is 4.89. The third-order valence-corrected chi connectivity index (χ3v) is 6.48. The first-order valence-corrected chi connectivity index (χ1v) is 11.2. The Morgan fingerprint density at radius 2 is 1.60 bits per heavy atom. The molecule has 0 heterocycles. The normalized spacial score (nSPS) is 14.1. The highest BCUT2D eigenvalue weighted by molar-refractivity contribution is 5.42. The van der Waals surface area contributed by atoms with Crippen LogP contribution >= 0.6 is 0 Å². The van der Waals surface area contributed by atoms with Gasteiger partial charge >= 0.3 is 0 Å². The minimum atomic E-state index is 0.0801. The second kappa shape index (κ2) is 11.1. The molecule has 2 N–H and O–H groups in total. The minimum absolute atomic E-state index is 0.0801. The lowest BCUT2D eigenvalue weighted by molar-refractivity contribution is 0.202. The maximum atomic E-state index is 10.7. The van der Waals surface area contributed by atoms with Crippen molar-refractivity contribution in [2.45, 2.75) is 71.6 Å².